The molecular weight excluding hydrogens is 132 g/mol. The van der Waals surface area contributed by atoms with E-state index < -0.39 is 6.03 Å². The number of hydrogen-bond donors (Lipinski definition) is 1. The summed E-state index contributed by atoms with van der Waals surface area (Å²) < 4.78 is 0. The van der Waals surface area contributed by atoms with Gasteiger partial charge in [0.15, 0.2) is 0 Å². The molecule has 10 heavy (non-hydrogen) atoms. The molecule has 0 atom stereocenters. The molecule has 0 fully saturated rings. The molecule has 0 aromatic rings. The van der Waals surface area contributed by atoms with E-state index in [0.717, 1.165) is 4.90 Å². The van der Waals surface area contributed by atoms with Crippen LogP contribution >= 0.6 is 0 Å². The van der Waals surface area contributed by atoms with Crippen LogP contribution in [-0.4, -0.2) is 23.9 Å². The number of carbonyl (C=O) groups excluding carboxylic acids is 2. The van der Waals surface area contributed by atoms with Crippen molar-refractivity contribution in [3.8, 4) is 0 Å². The van der Waals surface area contributed by atoms with Crippen molar-refractivity contribution in [2.75, 3.05) is 6.54 Å². The number of carbonyl (C=O) groups is 2. The van der Waals surface area contributed by atoms with Crippen LogP contribution in [0.2, 0.25) is 0 Å². The maximum absolute atomic E-state index is 10.4. The molecule has 0 aliphatic carbocycles. The quantitative estimate of drug-likeness (QED) is 0.574. The number of hydrogen-bond acceptors (Lipinski definition) is 2. The summed E-state index contributed by atoms with van der Waals surface area (Å²) in [4.78, 5) is 21.4. The highest BCUT2D eigenvalue weighted by Gasteiger charge is 2.08. The number of primary amides is 1. The number of imide groups is 1. The van der Waals surface area contributed by atoms with Crippen LogP contribution in [0.4, 0.5) is 4.79 Å². The number of amides is 3. The van der Waals surface area contributed by atoms with Gasteiger partial charge in [-0.2, -0.15) is 0 Å². The second-order valence-corrected chi connectivity index (χ2v) is 2.49. The Balaban J connectivity index is 3.83. The third-order valence-corrected chi connectivity index (χ3v) is 0.972. The number of urea groups is 1. The van der Waals surface area contributed by atoms with Crippen molar-refractivity contribution >= 4 is 12.4 Å². The fourth-order valence-corrected chi connectivity index (χ4v) is 0.578. The lowest BCUT2D eigenvalue weighted by Gasteiger charge is -2.13. The average molecular weight is 144 g/mol. The van der Waals surface area contributed by atoms with Gasteiger partial charge in [-0.3, -0.25) is 9.69 Å². The van der Waals surface area contributed by atoms with Crippen LogP contribution in [0.1, 0.15) is 13.8 Å². The normalized spacial score (nSPS) is 9.50. The van der Waals surface area contributed by atoms with Gasteiger partial charge in [0.2, 0.25) is 6.41 Å². The van der Waals surface area contributed by atoms with Crippen molar-refractivity contribution in [2.45, 2.75) is 13.8 Å². The number of rotatable bonds is 3. The highest BCUT2D eigenvalue weighted by molar-refractivity contribution is 5.83. The van der Waals surface area contributed by atoms with E-state index in [0.29, 0.717) is 13.0 Å². The van der Waals surface area contributed by atoms with E-state index in [9.17, 15) is 9.59 Å². The lowest BCUT2D eigenvalue weighted by molar-refractivity contribution is -0.115. The van der Waals surface area contributed by atoms with Crippen molar-refractivity contribution in [1.29, 1.82) is 0 Å². The second kappa shape index (κ2) is 3.87. The zero-order chi connectivity index (χ0) is 8.15. The zero-order valence-electron chi connectivity index (χ0n) is 6.20. The summed E-state index contributed by atoms with van der Waals surface area (Å²) in [7, 11) is 0. The van der Waals surface area contributed by atoms with Gasteiger partial charge in [0, 0.05) is 6.54 Å². The molecule has 0 rings (SSSR count). The molecule has 0 unspecified atom stereocenters. The average Bonchev–Trinajstić information content (AvgIpc) is 1.81. The first kappa shape index (κ1) is 8.94. The fraction of sp³-hybridized carbons (Fsp3) is 0.667. The first-order valence-corrected chi connectivity index (χ1v) is 3.09. The molecule has 0 aromatic carbocycles. The Bertz CT molecular complexity index is 134. The van der Waals surface area contributed by atoms with E-state index in [1.165, 1.54) is 0 Å². The first-order chi connectivity index (χ1) is 4.57. The van der Waals surface area contributed by atoms with Gasteiger partial charge in [0.25, 0.3) is 0 Å². The Morgan fingerprint density at radius 2 is 2.20 bits per heavy atom. The number of nitrogens with zero attached hydrogens (tertiary/aromatic N) is 1. The summed E-state index contributed by atoms with van der Waals surface area (Å²) in [5.74, 6) is 0.262. The minimum absolute atomic E-state index is 0.262. The molecule has 58 valence electrons. The van der Waals surface area contributed by atoms with E-state index in [2.05, 4.69) is 0 Å². The van der Waals surface area contributed by atoms with Gasteiger partial charge in [-0.05, 0) is 5.92 Å². The van der Waals surface area contributed by atoms with Crippen LogP contribution < -0.4 is 5.73 Å². The lowest BCUT2D eigenvalue weighted by Crippen LogP contribution is -2.37. The maximum Gasteiger partial charge on any atom is 0.321 e. The van der Waals surface area contributed by atoms with Gasteiger partial charge in [-0.15, -0.1) is 0 Å². The van der Waals surface area contributed by atoms with Gasteiger partial charge in [0.1, 0.15) is 0 Å². The second-order valence-electron chi connectivity index (χ2n) is 2.49. The van der Waals surface area contributed by atoms with E-state index >= 15 is 0 Å². The molecule has 0 heterocycles. The third-order valence-electron chi connectivity index (χ3n) is 0.972. The SMILES string of the molecule is CC(C)CN(C=O)C(N)=O. The lowest BCUT2D eigenvalue weighted by atomic mass is 10.2. The van der Waals surface area contributed by atoms with Crippen LogP contribution in [-0.2, 0) is 4.79 Å². The van der Waals surface area contributed by atoms with Crippen molar-refractivity contribution in [3.05, 3.63) is 0 Å². The Hall–Kier alpha value is -1.06. The highest BCUT2D eigenvalue weighted by atomic mass is 16.2. The monoisotopic (exact) mass is 144 g/mol. The van der Waals surface area contributed by atoms with Gasteiger partial charge >= 0.3 is 6.03 Å². The van der Waals surface area contributed by atoms with Gasteiger partial charge in [-0.1, -0.05) is 13.8 Å². The van der Waals surface area contributed by atoms with Crippen LogP contribution in [0.15, 0.2) is 0 Å². The molecule has 0 radical (unpaired) electrons. The van der Waals surface area contributed by atoms with Crippen LogP contribution in [0, 0.1) is 5.92 Å². The molecule has 0 saturated heterocycles. The van der Waals surface area contributed by atoms with Crippen LogP contribution in [0.5, 0.6) is 0 Å². The van der Waals surface area contributed by atoms with E-state index in [1.807, 2.05) is 13.8 Å². The summed E-state index contributed by atoms with van der Waals surface area (Å²) in [6, 6.07) is -0.691. The van der Waals surface area contributed by atoms with E-state index in [-0.39, 0.29) is 5.92 Å². The minimum atomic E-state index is -0.691. The van der Waals surface area contributed by atoms with Gasteiger partial charge in [-0.25, -0.2) is 4.79 Å². The Labute approximate surface area is 60.0 Å². The van der Waals surface area contributed by atoms with Gasteiger partial charge in [0.05, 0.1) is 0 Å². The van der Waals surface area contributed by atoms with Crippen LogP contribution in [0.25, 0.3) is 0 Å². The molecule has 3 amide bonds. The van der Waals surface area contributed by atoms with Crippen molar-refractivity contribution < 1.29 is 9.59 Å². The van der Waals surface area contributed by atoms with E-state index in [4.69, 9.17) is 5.73 Å². The standard InChI is InChI=1S/C6H12N2O2/c1-5(2)3-8(4-9)6(7)10/h4-5H,3H2,1-2H3,(H2,7,10). The summed E-state index contributed by atoms with van der Waals surface area (Å²) in [6.45, 7) is 4.19. The smallest absolute Gasteiger partial charge is 0.321 e. The Morgan fingerprint density at radius 3 is 2.30 bits per heavy atom. The third kappa shape index (κ3) is 3.06. The van der Waals surface area contributed by atoms with Gasteiger partial charge < -0.3 is 5.73 Å². The summed E-state index contributed by atoms with van der Waals surface area (Å²) in [6.07, 6.45) is 0.447. The predicted octanol–water partition coefficient (Wildman–Crippen LogP) is 0.180. The van der Waals surface area contributed by atoms with Crippen molar-refractivity contribution in [3.63, 3.8) is 0 Å². The fourth-order valence-electron chi connectivity index (χ4n) is 0.578. The van der Waals surface area contributed by atoms with Crippen molar-refractivity contribution in [2.24, 2.45) is 11.7 Å². The molecule has 0 bridgehead atoms. The molecular formula is C6H12N2O2. The van der Waals surface area contributed by atoms with Crippen LogP contribution in [0.3, 0.4) is 0 Å². The minimum Gasteiger partial charge on any atom is -0.351 e. The molecule has 0 saturated carbocycles. The molecule has 4 heteroatoms. The van der Waals surface area contributed by atoms with Crippen molar-refractivity contribution in [1.82, 2.24) is 4.90 Å². The molecule has 4 nitrogen and oxygen atoms in total. The molecule has 0 aliphatic rings. The zero-order valence-corrected chi connectivity index (χ0v) is 6.20. The first-order valence-electron chi connectivity index (χ1n) is 3.09. The topological polar surface area (TPSA) is 63.4 Å². The molecule has 0 aliphatic heterocycles. The predicted molar refractivity (Wildman–Crippen MR) is 37.2 cm³/mol. The molecule has 0 aromatic heterocycles. The Morgan fingerprint density at radius 1 is 1.70 bits per heavy atom. The summed E-state index contributed by atoms with van der Waals surface area (Å²) in [5.41, 5.74) is 4.85. The summed E-state index contributed by atoms with van der Waals surface area (Å²) in [5, 5.41) is 0. The number of nitrogens with two attached hydrogens (primary N) is 1. The molecule has 2 N–H and O–H groups in total. The highest BCUT2D eigenvalue weighted by Crippen LogP contribution is 1.94. The maximum atomic E-state index is 10.4. The Kier molecular flexibility index (Phi) is 3.46. The van der Waals surface area contributed by atoms with E-state index in [1.54, 1.807) is 0 Å². The molecule has 0 spiro atoms. The summed E-state index contributed by atoms with van der Waals surface area (Å²) >= 11 is 0. The largest absolute Gasteiger partial charge is 0.351 e.